The van der Waals surface area contributed by atoms with Crippen LogP contribution in [0.4, 0.5) is 0 Å². The summed E-state index contributed by atoms with van der Waals surface area (Å²) in [5, 5.41) is 0. The van der Waals surface area contributed by atoms with Crippen LogP contribution in [-0.2, 0) is 0 Å². The van der Waals surface area contributed by atoms with Crippen molar-refractivity contribution in [2.75, 3.05) is 13.1 Å². The van der Waals surface area contributed by atoms with E-state index < -0.39 is 0 Å². The van der Waals surface area contributed by atoms with E-state index in [1.807, 2.05) is 0 Å². The zero-order valence-electron chi connectivity index (χ0n) is 13.0. The van der Waals surface area contributed by atoms with Crippen LogP contribution in [-0.4, -0.2) is 30.1 Å². The van der Waals surface area contributed by atoms with Gasteiger partial charge in [0.05, 0.1) is 0 Å². The Hall–Kier alpha value is -0.0800. The van der Waals surface area contributed by atoms with E-state index >= 15 is 0 Å². The largest absolute Gasteiger partial charge is 0.330 e. The van der Waals surface area contributed by atoms with Crippen LogP contribution in [0, 0.1) is 11.8 Å². The van der Waals surface area contributed by atoms with Gasteiger partial charge >= 0.3 is 0 Å². The van der Waals surface area contributed by atoms with Gasteiger partial charge in [-0.05, 0) is 58.0 Å². The summed E-state index contributed by atoms with van der Waals surface area (Å²) >= 11 is 0. The first-order valence-corrected chi connectivity index (χ1v) is 8.09. The van der Waals surface area contributed by atoms with Gasteiger partial charge in [-0.3, -0.25) is 4.90 Å². The minimum atomic E-state index is 0.657. The number of hydrogen-bond acceptors (Lipinski definition) is 2. The first-order valence-electron chi connectivity index (χ1n) is 8.09. The molecule has 0 radical (unpaired) electrons. The molecule has 3 unspecified atom stereocenters. The monoisotopic (exact) mass is 254 g/mol. The summed E-state index contributed by atoms with van der Waals surface area (Å²) in [6, 6.07) is 1.39. The third kappa shape index (κ3) is 4.24. The van der Waals surface area contributed by atoms with Gasteiger partial charge in [-0.25, -0.2) is 0 Å². The Morgan fingerprint density at radius 3 is 2.39 bits per heavy atom. The molecule has 108 valence electrons. The fourth-order valence-electron chi connectivity index (χ4n) is 3.71. The quantitative estimate of drug-likeness (QED) is 0.751. The van der Waals surface area contributed by atoms with Crippen LogP contribution in [0.15, 0.2) is 0 Å². The average Bonchev–Trinajstić information content (AvgIpc) is 2.36. The normalized spacial score (nSPS) is 29.2. The average molecular weight is 254 g/mol. The SMILES string of the molecule is CCCC1CCC(CN)C(N(CCC)C(C)C)C1. The summed E-state index contributed by atoms with van der Waals surface area (Å²) in [6.07, 6.45) is 8.13. The van der Waals surface area contributed by atoms with Crippen LogP contribution in [0.1, 0.15) is 66.2 Å². The van der Waals surface area contributed by atoms with Crippen molar-refractivity contribution in [3.63, 3.8) is 0 Å². The van der Waals surface area contributed by atoms with Crippen LogP contribution in [0.25, 0.3) is 0 Å². The van der Waals surface area contributed by atoms with Gasteiger partial charge in [-0.15, -0.1) is 0 Å². The molecule has 0 saturated heterocycles. The lowest BCUT2D eigenvalue weighted by Crippen LogP contribution is -2.50. The minimum absolute atomic E-state index is 0.657. The van der Waals surface area contributed by atoms with E-state index in [0.29, 0.717) is 6.04 Å². The molecule has 18 heavy (non-hydrogen) atoms. The van der Waals surface area contributed by atoms with Crippen molar-refractivity contribution in [1.82, 2.24) is 4.90 Å². The Balaban J connectivity index is 2.70. The lowest BCUT2D eigenvalue weighted by molar-refractivity contribution is 0.0554. The zero-order valence-corrected chi connectivity index (χ0v) is 13.0. The number of nitrogens with zero attached hydrogens (tertiary/aromatic N) is 1. The molecule has 0 aromatic rings. The Morgan fingerprint density at radius 2 is 1.89 bits per heavy atom. The molecule has 1 fully saturated rings. The molecule has 0 bridgehead atoms. The lowest BCUT2D eigenvalue weighted by atomic mass is 9.75. The van der Waals surface area contributed by atoms with Crippen molar-refractivity contribution in [2.45, 2.75) is 78.3 Å². The molecule has 2 heteroatoms. The van der Waals surface area contributed by atoms with Gasteiger partial charge in [0, 0.05) is 12.1 Å². The molecule has 2 N–H and O–H groups in total. The fraction of sp³-hybridized carbons (Fsp3) is 1.00. The number of nitrogens with two attached hydrogens (primary N) is 1. The predicted molar refractivity (Wildman–Crippen MR) is 80.7 cm³/mol. The highest BCUT2D eigenvalue weighted by atomic mass is 15.2. The van der Waals surface area contributed by atoms with E-state index in [-0.39, 0.29) is 0 Å². The molecule has 0 aromatic heterocycles. The third-order valence-electron chi connectivity index (χ3n) is 4.64. The number of rotatable bonds is 7. The van der Waals surface area contributed by atoms with Crippen molar-refractivity contribution in [3.8, 4) is 0 Å². The van der Waals surface area contributed by atoms with E-state index in [1.54, 1.807) is 0 Å². The molecule has 3 atom stereocenters. The van der Waals surface area contributed by atoms with E-state index in [2.05, 4.69) is 32.6 Å². The Morgan fingerprint density at radius 1 is 1.17 bits per heavy atom. The molecule has 1 saturated carbocycles. The van der Waals surface area contributed by atoms with Gasteiger partial charge < -0.3 is 5.73 Å². The van der Waals surface area contributed by atoms with E-state index in [1.165, 1.54) is 45.1 Å². The summed E-state index contributed by atoms with van der Waals surface area (Å²) in [4.78, 5) is 2.72. The summed E-state index contributed by atoms with van der Waals surface area (Å²) in [7, 11) is 0. The zero-order chi connectivity index (χ0) is 13.5. The smallest absolute Gasteiger partial charge is 0.0141 e. The molecule has 0 aliphatic heterocycles. The van der Waals surface area contributed by atoms with Gasteiger partial charge in [0.1, 0.15) is 0 Å². The number of hydrogen-bond donors (Lipinski definition) is 1. The summed E-state index contributed by atoms with van der Waals surface area (Å²) in [5.74, 6) is 1.67. The van der Waals surface area contributed by atoms with Crippen molar-refractivity contribution in [2.24, 2.45) is 17.6 Å². The second kappa shape index (κ2) is 8.16. The standard InChI is InChI=1S/C16H34N2/c1-5-7-14-8-9-15(12-17)16(11-14)18(10-6-2)13(3)4/h13-16H,5-12,17H2,1-4H3. The van der Waals surface area contributed by atoms with Gasteiger partial charge in [-0.1, -0.05) is 33.1 Å². The van der Waals surface area contributed by atoms with Crippen molar-refractivity contribution in [1.29, 1.82) is 0 Å². The molecule has 0 aromatic carbocycles. The second-order valence-electron chi connectivity index (χ2n) is 6.36. The molecular formula is C16H34N2. The van der Waals surface area contributed by atoms with Gasteiger partial charge in [0.25, 0.3) is 0 Å². The van der Waals surface area contributed by atoms with Crippen LogP contribution in [0.2, 0.25) is 0 Å². The van der Waals surface area contributed by atoms with E-state index in [9.17, 15) is 0 Å². The van der Waals surface area contributed by atoms with Crippen LogP contribution in [0.5, 0.6) is 0 Å². The topological polar surface area (TPSA) is 29.3 Å². The molecule has 1 rings (SSSR count). The summed E-state index contributed by atoms with van der Waals surface area (Å²) in [6.45, 7) is 11.4. The Bertz CT molecular complexity index is 215. The summed E-state index contributed by atoms with van der Waals surface area (Å²) < 4.78 is 0. The lowest BCUT2D eigenvalue weighted by Gasteiger charge is -2.44. The highest BCUT2D eigenvalue weighted by Crippen LogP contribution is 2.35. The van der Waals surface area contributed by atoms with Crippen molar-refractivity contribution in [3.05, 3.63) is 0 Å². The van der Waals surface area contributed by atoms with Crippen molar-refractivity contribution < 1.29 is 0 Å². The second-order valence-corrected chi connectivity index (χ2v) is 6.36. The van der Waals surface area contributed by atoms with Crippen LogP contribution >= 0.6 is 0 Å². The molecular weight excluding hydrogens is 220 g/mol. The van der Waals surface area contributed by atoms with E-state index in [0.717, 1.165) is 24.4 Å². The minimum Gasteiger partial charge on any atom is -0.330 e. The highest BCUT2D eigenvalue weighted by Gasteiger charge is 2.33. The maximum atomic E-state index is 6.02. The first kappa shape index (κ1) is 16.0. The maximum absolute atomic E-state index is 6.02. The highest BCUT2D eigenvalue weighted by molar-refractivity contribution is 4.88. The summed E-state index contributed by atoms with van der Waals surface area (Å²) in [5.41, 5.74) is 6.02. The third-order valence-corrected chi connectivity index (χ3v) is 4.64. The first-order chi connectivity index (χ1) is 8.63. The predicted octanol–water partition coefficient (Wildman–Crippen LogP) is 3.65. The molecule has 1 aliphatic carbocycles. The molecule has 0 spiro atoms. The Labute approximate surface area is 114 Å². The van der Waals surface area contributed by atoms with Gasteiger partial charge in [-0.2, -0.15) is 0 Å². The van der Waals surface area contributed by atoms with Crippen molar-refractivity contribution >= 4 is 0 Å². The molecule has 0 heterocycles. The fourth-order valence-corrected chi connectivity index (χ4v) is 3.71. The van der Waals surface area contributed by atoms with Gasteiger partial charge in [0.2, 0.25) is 0 Å². The van der Waals surface area contributed by atoms with Crippen LogP contribution < -0.4 is 5.73 Å². The Kier molecular flexibility index (Phi) is 7.25. The molecule has 0 amide bonds. The van der Waals surface area contributed by atoms with Crippen LogP contribution in [0.3, 0.4) is 0 Å². The maximum Gasteiger partial charge on any atom is 0.0141 e. The molecule has 1 aliphatic rings. The van der Waals surface area contributed by atoms with E-state index in [4.69, 9.17) is 5.73 Å². The van der Waals surface area contributed by atoms with Gasteiger partial charge in [0.15, 0.2) is 0 Å². The molecule has 2 nitrogen and oxygen atoms in total.